The molecule has 1 saturated heterocycles. The van der Waals surface area contributed by atoms with Gasteiger partial charge in [-0.25, -0.2) is 4.39 Å². The summed E-state index contributed by atoms with van der Waals surface area (Å²) in [5, 5.41) is 10.8. The maximum atomic E-state index is 13.1. The average molecular weight is 437 g/mol. The zero-order chi connectivity index (χ0) is 21.5. The first-order chi connectivity index (χ1) is 14.4. The summed E-state index contributed by atoms with van der Waals surface area (Å²) in [5.41, 5.74) is 6.55. The van der Waals surface area contributed by atoms with Crippen molar-refractivity contribution in [1.29, 1.82) is 0 Å². The Hall–Kier alpha value is -2.19. The van der Waals surface area contributed by atoms with Crippen molar-refractivity contribution in [3.63, 3.8) is 0 Å². The molecular formula is C22H26ClFN2O4. The van der Waals surface area contributed by atoms with Crippen molar-refractivity contribution in [3.05, 3.63) is 64.4 Å². The zero-order valence-electron chi connectivity index (χ0n) is 16.6. The fourth-order valence-corrected chi connectivity index (χ4v) is 3.67. The van der Waals surface area contributed by atoms with Gasteiger partial charge in [-0.3, -0.25) is 9.69 Å². The van der Waals surface area contributed by atoms with E-state index < -0.39 is 12.0 Å². The Labute approximate surface area is 180 Å². The van der Waals surface area contributed by atoms with Crippen LogP contribution in [0, 0.1) is 5.82 Å². The van der Waals surface area contributed by atoms with Crippen molar-refractivity contribution in [3.8, 4) is 5.75 Å². The summed E-state index contributed by atoms with van der Waals surface area (Å²) in [5.74, 6) is -0.611. The predicted octanol–water partition coefficient (Wildman–Crippen LogP) is 2.65. The van der Waals surface area contributed by atoms with E-state index in [0.29, 0.717) is 36.9 Å². The molecule has 1 amide bonds. The van der Waals surface area contributed by atoms with Crippen molar-refractivity contribution in [2.24, 2.45) is 5.73 Å². The van der Waals surface area contributed by atoms with E-state index in [0.717, 1.165) is 18.5 Å². The third-order valence-electron chi connectivity index (χ3n) is 4.92. The fraction of sp³-hybridized carbons (Fsp3) is 0.409. The van der Waals surface area contributed by atoms with Crippen LogP contribution in [0.1, 0.15) is 22.3 Å². The molecule has 0 bridgehead atoms. The maximum absolute atomic E-state index is 13.1. The van der Waals surface area contributed by atoms with Gasteiger partial charge in [-0.1, -0.05) is 23.7 Å². The number of nitrogens with zero attached hydrogens (tertiary/aromatic N) is 1. The van der Waals surface area contributed by atoms with Crippen molar-refractivity contribution < 1.29 is 23.8 Å². The first-order valence-corrected chi connectivity index (χ1v) is 10.3. The molecule has 3 rings (SSSR count). The Morgan fingerprint density at radius 3 is 2.83 bits per heavy atom. The first kappa shape index (κ1) is 22.5. The van der Waals surface area contributed by atoms with Gasteiger partial charge in [-0.15, -0.1) is 0 Å². The zero-order valence-corrected chi connectivity index (χ0v) is 17.4. The van der Waals surface area contributed by atoms with Crippen molar-refractivity contribution in [1.82, 2.24) is 4.90 Å². The van der Waals surface area contributed by atoms with Crippen LogP contribution in [0.5, 0.6) is 5.75 Å². The van der Waals surface area contributed by atoms with Crippen LogP contribution < -0.4 is 10.5 Å². The van der Waals surface area contributed by atoms with Gasteiger partial charge in [0.2, 0.25) is 0 Å². The van der Waals surface area contributed by atoms with E-state index in [1.165, 1.54) is 18.2 Å². The van der Waals surface area contributed by atoms with Crippen LogP contribution in [0.2, 0.25) is 5.02 Å². The van der Waals surface area contributed by atoms with Crippen LogP contribution in [0.4, 0.5) is 4.39 Å². The number of nitrogens with two attached hydrogens (primary N) is 1. The standard InChI is InChI=1S/C22H26ClFN2O4/c23-16-4-7-21(20(11-16)22(25)28)30-14-18(27)12-26-8-1-9-29-19(13-26)10-15-2-5-17(24)6-3-15/h2-7,11,18-19,27H,1,8-10,12-14H2,(H2,25,28)/t18-,19-/m0/s1. The van der Waals surface area contributed by atoms with Crippen LogP contribution in [-0.4, -0.2) is 61.0 Å². The van der Waals surface area contributed by atoms with E-state index in [4.69, 9.17) is 26.8 Å². The molecule has 0 saturated carbocycles. The molecule has 0 radical (unpaired) electrons. The minimum Gasteiger partial charge on any atom is -0.490 e. The number of carbonyl (C=O) groups excluding carboxylic acids is 1. The minimum atomic E-state index is -0.758. The molecular weight excluding hydrogens is 411 g/mol. The quantitative estimate of drug-likeness (QED) is 0.664. The lowest BCUT2D eigenvalue weighted by atomic mass is 10.1. The van der Waals surface area contributed by atoms with Crippen LogP contribution >= 0.6 is 11.6 Å². The molecule has 0 unspecified atom stereocenters. The van der Waals surface area contributed by atoms with Gasteiger partial charge in [0, 0.05) is 31.3 Å². The second kappa shape index (κ2) is 10.7. The lowest BCUT2D eigenvalue weighted by Crippen LogP contribution is -2.40. The van der Waals surface area contributed by atoms with Crippen LogP contribution in [0.3, 0.4) is 0 Å². The third kappa shape index (κ3) is 6.67. The van der Waals surface area contributed by atoms with Crippen LogP contribution in [0.15, 0.2) is 42.5 Å². The summed E-state index contributed by atoms with van der Waals surface area (Å²) >= 11 is 5.90. The number of hydrogen-bond donors (Lipinski definition) is 2. The number of aliphatic hydroxyl groups excluding tert-OH is 1. The molecule has 3 N–H and O–H groups in total. The van der Waals surface area contributed by atoms with Crippen molar-refractivity contribution in [2.75, 3.05) is 32.8 Å². The number of β-amino-alcohol motifs (C(OH)–C–C–N with tert-alkyl or cyclic N) is 1. The maximum Gasteiger partial charge on any atom is 0.252 e. The normalized spacial score (nSPS) is 18.6. The number of benzene rings is 2. The molecule has 30 heavy (non-hydrogen) atoms. The van der Waals surface area contributed by atoms with E-state index in [2.05, 4.69) is 4.90 Å². The summed E-state index contributed by atoms with van der Waals surface area (Å²) in [7, 11) is 0. The molecule has 1 heterocycles. The molecule has 2 aromatic carbocycles. The molecule has 1 fully saturated rings. The van der Waals surface area contributed by atoms with Crippen LogP contribution in [0.25, 0.3) is 0 Å². The van der Waals surface area contributed by atoms with Gasteiger partial charge >= 0.3 is 0 Å². The average Bonchev–Trinajstić information content (AvgIpc) is 2.93. The number of amides is 1. The molecule has 1 aliphatic heterocycles. The van der Waals surface area contributed by atoms with Gasteiger partial charge in [0.05, 0.1) is 11.7 Å². The summed E-state index contributed by atoms with van der Waals surface area (Å²) in [6.45, 7) is 2.51. The highest BCUT2D eigenvalue weighted by Gasteiger charge is 2.22. The molecule has 0 aliphatic carbocycles. The molecule has 8 heteroatoms. The highest BCUT2D eigenvalue weighted by atomic mass is 35.5. The predicted molar refractivity (Wildman–Crippen MR) is 112 cm³/mol. The summed E-state index contributed by atoms with van der Waals surface area (Å²) in [6.07, 6.45) is 0.738. The smallest absolute Gasteiger partial charge is 0.252 e. The van der Waals surface area contributed by atoms with E-state index in [-0.39, 0.29) is 24.1 Å². The molecule has 1 aliphatic rings. The highest BCUT2D eigenvalue weighted by molar-refractivity contribution is 6.31. The third-order valence-corrected chi connectivity index (χ3v) is 5.15. The number of halogens is 2. The summed E-state index contributed by atoms with van der Waals surface area (Å²) in [6, 6.07) is 11.0. The highest BCUT2D eigenvalue weighted by Crippen LogP contribution is 2.23. The van der Waals surface area contributed by atoms with Crippen molar-refractivity contribution >= 4 is 17.5 Å². The number of ether oxygens (including phenoxy) is 2. The molecule has 0 spiro atoms. The second-order valence-corrected chi connectivity index (χ2v) is 7.84. The SMILES string of the molecule is NC(=O)c1cc(Cl)ccc1OC[C@@H](O)CN1CCCO[C@@H](Cc2ccc(F)cc2)C1. The molecule has 162 valence electrons. The Kier molecular flexibility index (Phi) is 8.04. The molecule has 2 atom stereocenters. The van der Waals surface area contributed by atoms with Gasteiger partial charge in [0.1, 0.15) is 24.3 Å². The van der Waals surface area contributed by atoms with E-state index in [1.54, 1.807) is 24.3 Å². The monoisotopic (exact) mass is 436 g/mol. The van der Waals surface area contributed by atoms with E-state index >= 15 is 0 Å². The number of primary amides is 1. The Morgan fingerprint density at radius 2 is 2.10 bits per heavy atom. The van der Waals surface area contributed by atoms with Gasteiger partial charge in [-0.05, 0) is 48.7 Å². The van der Waals surface area contributed by atoms with E-state index in [1.807, 2.05) is 0 Å². The van der Waals surface area contributed by atoms with Crippen LogP contribution in [-0.2, 0) is 11.2 Å². The molecule has 6 nitrogen and oxygen atoms in total. The van der Waals surface area contributed by atoms with Gasteiger partial charge in [-0.2, -0.15) is 0 Å². The number of hydrogen-bond acceptors (Lipinski definition) is 5. The van der Waals surface area contributed by atoms with Gasteiger partial charge in [0.15, 0.2) is 0 Å². The molecule has 2 aromatic rings. The Balaban J connectivity index is 1.53. The van der Waals surface area contributed by atoms with Gasteiger partial charge in [0.25, 0.3) is 5.91 Å². The second-order valence-electron chi connectivity index (χ2n) is 7.41. The van der Waals surface area contributed by atoms with Crippen molar-refractivity contribution in [2.45, 2.75) is 25.0 Å². The largest absolute Gasteiger partial charge is 0.490 e. The number of carbonyl (C=O) groups is 1. The summed E-state index contributed by atoms with van der Waals surface area (Å²) in [4.78, 5) is 13.7. The Bertz CT molecular complexity index is 850. The summed E-state index contributed by atoms with van der Waals surface area (Å²) < 4.78 is 24.6. The minimum absolute atomic E-state index is 0.0158. The lowest BCUT2D eigenvalue weighted by Gasteiger charge is -2.26. The fourth-order valence-electron chi connectivity index (χ4n) is 3.50. The Morgan fingerprint density at radius 1 is 1.33 bits per heavy atom. The number of rotatable bonds is 8. The number of aliphatic hydroxyl groups is 1. The first-order valence-electron chi connectivity index (χ1n) is 9.89. The topological polar surface area (TPSA) is 85.0 Å². The van der Waals surface area contributed by atoms with Gasteiger partial charge < -0.3 is 20.3 Å². The van der Waals surface area contributed by atoms with E-state index in [9.17, 15) is 14.3 Å². The molecule has 0 aromatic heterocycles. The lowest BCUT2D eigenvalue weighted by molar-refractivity contribution is 0.0360.